The molecular weight excluding hydrogens is 376 g/mol. The number of carbonyl (C=O) groups excluding carboxylic acids is 1. The van der Waals surface area contributed by atoms with Gasteiger partial charge in [0.2, 0.25) is 0 Å². The highest BCUT2D eigenvalue weighted by Gasteiger charge is 2.35. The summed E-state index contributed by atoms with van der Waals surface area (Å²) < 4.78 is 5.50. The van der Waals surface area contributed by atoms with Crippen molar-refractivity contribution in [2.24, 2.45) is 16.0 Å². The van der Waals surface area contributed by atoms with Crippen molar-refractivity contribution >= 4 is 40.5 Å². The van der Waals surface area contributed by atoms with E-state index in [0.717, 1.165) is 16.7 Å². The number of aliphatic imine (C=N–C) groups is 1. The first-order valence-electron chi connectivity index (χ1n) is 9.07. The van der Waals surface area contributed by atoms with Crippen molar-refractivity contribution in [1.29, 1.82) is 0 Å². The van der Waals surface area contributed by atoms with Gasteiger partial charge in [0, 0.05) is 17.0 Å². The Morgan fingerprint density at radius 1 is 1.29 bits per heavy atom. The molecule has 2 atom stereocenters. The van der Waals surface area contributed by atoms with E-state index in [1.165, 1.54) is 5.01 Å². The fraction of sp³-hybridized carbons (Fsp3) is 0.238. The standard InChI is InChI=1S/C21H19ClN4O2/c1-3-28-16-9-8-14-10-15(20(22)25-19(14)11-16)12-23-26-13(2)24-18-7-5-4-6-17(18)21(26)27/h4-12,17-18H,3H2,1-2H3/b23-12+. The maximum atomic E-state index is 12.8. The van der Waals surface area contributed by atoms with Crippen LogP contribution >= 0.6 is 11.6 Å². The zero-order valence-corrected chi connectivity index (χ0v) is 16.3. The van der Waals surface area contributed by atoms with Crippen molar-refractivity contribution in [3.8, 4) is 5.75 Å². The average molecular weight is 395 g/mol. The molecule has 2 aliphatic rings. The molecule has 1 aliphatic carbocycles. The zero-order valence-electron chi connectivity index (χ0n) is 15.5. The molecule has 6 nitrogen and oxygen atoms in total. The van der Waals surface area contributed by atoms with Gasteiger partial charge in [-0.05, 0) is 32.0 Å². The Morgan fingerprint density at radius 3 is 2.93 bits per heavy atom. The van der Waals surface area contributed by atoms with E-state index < -0.39 is 0 Å². The summed E-state index contributed by atoms with van der Waals surface area (Å²) in [6.45, 7) is 4.29. The van der Waals surface area contributed by atoms with Gasteiger partial charge in [-0.1, -0.05) is 35.9 Å². The number of hydrogen-bond acceptors (Lipinski definition) is 5. The van der Waals surface area contributed by atoms with Gasteiger partial charge >= 0.3 is 0 Å². The van der Waals surface area contributed by atoms with Crippen molar-refractivity contribution in [3.05, 3.63) is 59.3 Å². The van der Waals surface area contributed by atoms with Gasteiger partial charge in [-0.3, -0.25) is 9.79 Å². The summed E-state index contributed by atoms with van der Waals surface area (Å²) in [7, 11) is 0. The quantitative estimate of drug-likeness (QED) is 0.581. The van der Waals surface area contributed by atoms with E-state index in [9.17, 15) is 4.79 Å². The summed E-state index contributed by atoms with van der Waals surface area (Å²) in [5, 5.41) is 6.88. The number of ether oxygens (including phenoxy) is 1. The first kappa shape index (κ1) is 18.4. The van der Waals surface area contributed by atoms with E-state index >= 15 is 0 Å². The smallest absolute Gasteiger partial charge is 0.257 e. The van der Waals surface area contributed by atoms with Crippen LogP contribution in [0.25, 0.3) is 10.9 Å². The highest BCUT2D eigenvalue weighted by atomic mass is 35.5. The molecular formula is C21H19ClN4O2. The molecule has 1 aromatic carbocycles. The van der Waals surface area contributed by atoms with Gasteiger partial charge in [-0.2, -0.15) is 10.1 Å². The second-order valence-corrected chi connectivity index (χ2v) is 6.87. The van der Waals surface area contributed by atoms with E-state index in [4.69, 9.17) is 16.3 Å². The van der Waals surface area contributed by atoms with Gasteiger partial charge in [-0.15, -0.1) is 0 Å². The maximum absolute atomic E-state index is 12.8. The Morgan fingerprint density at radius 2 is 2.11 bits per heavy atom. The molecule has 0 saturated heterocycles. The van der Waals surface area contributed by atoms with E-state index in [-0.39, 0.29) is 17.9 Å². The van der Waals surface area contributed by atoms with Gasteiger partial charge in [0.15, 0.2) is 0 Å². The molecule has 28 heavy (non-hydrogen) atoms. The summed E-state index contributed by atoms with van der Waals surface area (Å²) >= 11 is 6.34. The number of halogens is 1. The molecule has 1 amide bonds. The molecule has 0 radical (unpaired) electrons. The molecule has 0 N–H and O–H groups in total. The van der Waals surface area contributed by atoms with E-state index in [1.807, 2.05) is 55.5 Å². The highest BCUT2D eigenvalue weighted by Crippen LogP contribution is 2.26. The van der Waals surface area contributed by atoms with Crippen LogP contribution in [0, 0.1) is 5.92 Å². The van der Waals surface area contributed by atoms with E-state index in [0.29, 0.717) is 23.2 Å². The van der Waals surface area contributed by atoms with Crippen molar-refractivity contribution < 1.29 is 9.53 Å². The first-order chi connectivity index (χ1) is 13.6. The van der Waals surface area contributed by atoms with E-state index in [1.54, 1.807) is 13.1 Å². The lowest BCUT2D eigenvalue weighted by Gasteiger charge is -2.30. The van der Waals surface area contributed by atoms with Crippen molar-refractivity contribution in [3.63, 3.8) is 0 Å². The van der Waals surface area contributed by atoms with Crippen LogP contribution in [-0.4, -0.2) is 40.6 Å². The van der Waals surface area contributed by atoms with Crippen LogP contribution < -0.4 is 4.74 Å². The lowest BCUT2D eigenvalue weighted by molar-refractivity contribution is -0.131. The third kappa shape index (κ3) is 3.43. The van der Waals surface area contributed by atoms with Crippen LogP contribution in [0.2, 0.25) is 5.15 Å². The number of amides is 1. The minimum atomic E-state index is -0.326. The summed E-state index contributed by atoms with van der Waals surface area (Å²) in [6, 6.07) is 7.38. The minimum Gasteiger partial charge on any atom is -0.494 e. The molecule has 2 unspecified atom stereocenters. The second kappa shape index (κ2) is 7.56. The Balaban J connectivity index is 1.63. The molecule has 0 fully saturated rings. The van der Waals surface area contributed by atoms with Crippen LogP contribution in [0.4, 0.5) is 0 Å². The third-order valence-corrected chi connectivity index (χ3v) is 4.94. The topological polar surface area (TPSA) is 67.2 Å². The zero-order chi connectivity index (χ0) is 19.7. The van der Waals surface area contributed by atoms with Gasteiger partial charge in [0.25, 0.3) is 5.91 Å². The normalized spacial score (nSPS) is 21.3. The molecule has 0 spiro atoms. The number of pyridine rings is 1. The molecule has 7 heteroatoms. The Hall–Kier alpha value is -2.99. The van der Waals surface area contributed by atoms with Crippen molar-refractivity contribution in [1.82, 2.24) is 9.99 Å². The van der Waals surface area contributed by atoms with Crippen molar-refractivity contribution in [2.45, 2.75) is 19.9 Å². The van der Waals surface area contributed by atoms with Gasteiger partial charge in [-0.25, -0.2) is 4.98 Å². The Kier molecular flexibility index (Phi) is 4.96. The van der Waals surface area contributed by atoms with E-state index in [2.05, 4.69) is 15.1 Å². The number of hydrazone groups is 1. The number of rotatable bonds is 4. The van der Waals surface area contributed by atoms with Gasteiger partial charge in [0.05, 0.1) is 30.3 Å². The van der Waals surface area contributed by atoms with Crippen LogP contribution in [-0.2, 0) is 4.79 Å². The lowest BCUT2D eigenvalue weighted by atomic mass is 9.93. The second-order valence-electron chi connectivity index (χ2n) is 6.51. The first-order valence-corrected chi connectivity index (χ1v) is 9.45. The predicted octanol–water partition coefficient (Wildman–Crippen LogP) is 3.99. The monoisotopic (exact) mass is 394 g/mol. The number of nitrogens with zero attached hydrogens (tertiary/aromatic N) is 4. The summed E-state index contributed by atoms with van der Waals surface area (Å²) in [5.74, 6) is 0.858. The summed E-state index contributed by atoms with van der Waals surface area (Å²) in [5.41, 5.74) is 1.36. The fourth-order valence-corrected chi connectivity index (χ4v) is 3.46. The Labute approximate surface area is 167 Å². The molecule has 4 rings (SSSR count). The molecule has 1 aromatic heterocycles. The Bertz CT molecular complexity index is 1060. The van der Waals surface area contributed by atoms with Crippen LogP contribution in [0.5, 0.6) is 5.75 Å². The van der Waals surface area contributed by atoms with Gasteiger partial charge in [0.1, 0.15) is 16.7 Å². The molecule has 0 bridgehead atoms. The molecule has 142 valence electrons. The molecule has 1 aliphatic heterocycles. The maximum Gasteiger partial charge on any atom is 0.257 e. The fourth-order valence-electron chi connectivity index (χ4n) is 3.27. The predicted molar refractivity (Wildman–Crippen MR) is 111 cm³/mol. The minimum absolute atomic E-state index is 0.111. The summed E-state index contributed by atoms with van der Waals surface area (Å²) in [4.78, 5) is 21.8. The number of amidine groups is 1. The number of aromatic nitrogens is 1. The number of hydrogen-bond donors (Lipinski definition) is 0. The largest absolute Gasteiger partial charge is 0.494 e. The average Bonchev–Trinajstić information content (AvgIpc) is 2.68. The SMILES string of the molecule is CCOc1ccc2cc(/C=N/N3C(=O)C4C=CC=CC4N=C3C)c(Cl)nc2c1. The lowest BCUT2D eigenvalue weighted by Crippen LogP contribution is -2.44. The highest BCUT2D eigenvalue weighted by molar-refractivity contribution is 6.32. The van der Waals surface area contributed by atoms with Gasteiger partial charge < -0.3 is 4.74 Å². The molecule has 2 aromatic rings. The number of carbonyl (C=O) groups is 1. The number of allylic oxidation sites excluding steroid dienone is 2. The summed E-state index contributed by atoms with van der Waals surface area (Å²) in [6.07, 6.45) is 9.09. The van der Waals surface area contributed by atoms with Crippen LogP contribution in [0.3, 0.4) is 0 Å². The van der Waals surface area contributed by atoms with Crippen LogP contribution in [0.1, 0.15) is 19.4 Å². The number of fused-ring (bicyclic) bond motifs is 2. The molecule has 0 saturated carbocycles. The van der Waals surface area contributed by atoms with Crippen molar-refractivity contribution in [2.75, 3.05) is 6.61 Å². The van der Waals surface area contributed by atoms with Crippen LogP contribution in [0.15, 0.2) is 58.7 Å². The third-order valence-electron chi connectivity index (χ3n) is 4.64. The molecule has 2 heterocycles. The number of benzene rings is 1.